The van der Waals surface area contributed by atoms with Crippen LogP contribution in [0.5, 0.6) is 11.5 Å². The van der Waals surface area contributed by atoms with Crippen molar-refractivity contribution in [1.82, 2.24) is 0 Å². The molecule has 0 saturated heterocycles. The molecule has 0 amide bonds. The summed E-state index contributed by atoms with van der Waals surface area (Å²) in [6.45, 7) is 1.84. The maximum atomic E-state index is 13.0. The molecule has 0 aliphatic rings. The summed E-state index contributed by atoms with van der Waals surface area (Å²) < 4.78 is 29.0. The van der Waals surface area contributed by atoms with Gasteiger partial charge in [0, 0.05) is 11.5 Å². The molecule has 1 heterocycles. The van der Waals surface area contributed by atoms with Gasteiger partial charge >= 0.3 is 11.6 Å². The molecule has 30 heavy (non-hydrogen) atoms. The van der Waals surface area contributed by atoms with E-state index in [-0.39, 0.29) is 11.3 Å². The van der Waals surface area contributed by atoms with Gasteiger partial charge in [0.2, 0.25) is 0 Å². The Kier molecular flexibility index (Phi) is 5.06. The van der Waals surface area contributed by atoms with Gasteiger partial charge in [-0.15, -0.1) is 0 Å². The molecule has 0 radical (unpaired) electrons. The van der Waals surface area contributed by atoms with Crippen molar-refractivity contribution < 1.29 is 23.1 Å². The standard InChI is InChI=1S/C24H17FO5/c1-14-20-12-11-19(29-23(26)16-3-7-17(25)8-4-16)13-21(20)30-24(27)22(14)15-5-9-18(28-2)10-6-15/h3-13H,1-2H3. The van der Waals surface area contributed by atoms with Gasteiger partial charge in [0.05, 0.1) is 18.2 Å². The zero-order valence-electron chi connectivity index (χ0n) is 16.3. The van der Waals surface area contributed by atoms with Crippen LogP contribution in [0.2, 0.25) is 0 Å². The van der Waals surface area contributed by atoms with Crippen LogP contribution in [0.3, 0.4) is 0 Å². The third-order valence-electron chi connectivity index (χ3n) is 4.81. The lowest BCUT2D eigenvalue weighted by Gasteiger charge is -2.10. The summed E-state index contributed by atoms with van der Waals surface area (Å²) in [5.41, 5.74) is 1.95. The van der Waals surface area contributed by atoms with E-state index in [1.165, 1.54) is 30.3 Å². The SMILES string of the molecule is COc1ccc(-c2c(C)c3ccc(OC(=O)c4ccc(F)cc4)cc3oc2=O)cc1. The van der Waals surface area contributed by atoms with Gasteiger partial charge in [0.15, 0.2) is 0 Å². The second kappa shape index (κ2) is 7.83. The molecule has 0 spiro atoms. The van der Waals surface area contributed by atoms with E-state index in [1.807, 2.05) is 6.92 Å². The summed E-state index contributed by atoms with van der Waals surface area (Å²) in [5.74, 6) is -0.170. The van der Waals surface area contributed by atoms with Gasteiger partial charge in [-0.1, -0.05) is 12.1 Å². The number of benzene rings is 3. The topological polar surface area (TPSA) is 65.7 Å². The first-order valence-electron chi connectivity index (χ1n) is 9.16. The number of carbonyl (C=O) groups is 1. The van der Waals surface area contributed by atoms with Gasteiger partial charge in [0.25, 0.3) is 0 Å². The molecular formula is C24H17FO5. The van der Waals surface area contributed by atoms with Gasteiger partial charge in [-0.25, -0.2) is 14.0 Å². The van der Waals surface area contributed by atoms with Gasteiger partial charge < -0.3 is 13.9 Å². The average Bonchev–Trinajstić information content (AvgIpc) is 2.74. The van der Waals surface area contributed by atoms with E-state index in [0.717, 1.165) is 16.5 Å². The largest absolute Gasteiger partial charge is 0.497 e. The number of hydrogen-bond acceptors (Lipinski definition) is 5. The second-order valence-electron chi connectivity index (χ2n) is 6.67. The van der Waals surface area contributed by atoms with Gasteiger partial charge in [-0.05, 0) is 66.6 Å². The highest BCUT2D eigenvalue weighted by Gasteiger charge is 2.15. The fraction of sp³-hybridized carbons (Fsp3) is 0.0833. The maximum Gasteiger partial charge on any atom is 0.344 e. The van der Waals surface area contributed by atoms with Crippen molar-refractivity contribution in [2.45, 2.75) is 6.92 Å². The molecule has 0 aliphatic heterocycles. The molecule has 0 aliphatic carbocycles. The summed E-state index contributed by atoms with van der Waals surface area (Å²) >= 11 is 0. The Hall–Kier alpha value is -3.93. The average molecular weight is 404 g/mol. The fourth-order valence-electron chi connectivity index (χ4n) is 3.24. The van der Waals surface area contributed by atoms with E-state index in [1.54, 1.807) is 43.5 Å². The quantitative estimate of drug-likeness (QED) is 0.268. The van der Waals surface area contributed by atoms with Crippen LogP contribution < -0.4 is 15.1 Å². The van der Waals surface area contributed by atoms with Crippen LogP contribution in [0, 0.1) is 12.7 Å². The van der Waals surface area contributed by atoms with Crippen LogP contribution in [-0.2, 0) is 0 Å². The van der Waals surface area contributed by atoms with E-state index in [0.29, 0.717) is 16.9 Å². The zero-order valence-corrected chi connectivity index (χ0v) is 16.3. The van der Waals surface area contributed by atoms with Crippen molar-refractivity contribution in [2.75, 3.05) is 7.11 Å². The molecule has 150 valence electrons. The highest BCUT2D eigenvalue weighted by atomic mass is 19.1. The number of aryl methyl sites for hydroxylation is 1. The van der Waals surface area contributed by atoms with Crippen LogP contribution in [0.4, 0.5) is 4.39 Å². The van der Waals surface area contributed by atoms with Gasteiger partial charge in [-0.3, -0.25) is 0 Å². The smallest absolute Gasteiger partial charge is 0.344 e. The molecule has 3 aromatic carbocycles. The number of methoxy groups -OCH3 is 1. The maximum absolute atomic E-state index is 13.0. The van der Waals surface area contributed by atoms with Crippen LogP contribution in [0.1, 0.15) is 15.9 Å². The molecule has 4 aromatic rings. The molecule has 1 aromatic heterocycles. The van der Waals surface area contributed by atoms with Crippen molar-refractivity contribution in [1.29, 1.82) is 0 Å². The minimum atomic E-state index is -0.636. The zero-order chi connectivity index (χ0) is 21.3. The summed E-state index contributed by atoms with van der Waals surface area (Å²) in [7, 11) is 1.57. The van der Waals surface area contributed by atoms with Crippen LogP contribution in [0.25, 0.3) is 22.1 Å². The minimum absolute atomic E-state index is 0.212. The predicted molar refractivity (Wildman–Crippen MR) is 111 cm³/mol. The lowest BCUT2D eigenvalue weighted by molar-refractivity contribution is 0.0735. The first-order valence-corrected chi connectivity index (χ1v) is 9.16. The first kappa shape index (κ1) is 19.4. The molecule has 0 unspecified atom stereocenters. The second-order valence-corrected chi connectivity index (χ2v) is 6.67. The Labute approximate surface area is 171 Å². The monoisotopic (exact) mass is 404 g/mol. The molecule has 0 bridgehead atoms. The Morgan fingerprint density at radius 2 is 1.60 bits per heavy atom. The van der Waals surface area contributed by atoms with Crippen molar-refractivity contribution in [3.63, 3.8) is 0 Å². The molecular weight excluding hydrogens is 387 g/mol. The van der Waals surface area contributed by atoms with Crippen LogP contribution >= 0.6 is 0 Å². The molecule has 6 heteroatoms. The number of hydrogen-bond donors (Lipinski definition) is 0. The third-order valence-corrected chi connectivity index (χ3v) is 4.81. The summed E-state index contributed by atoms with van der Waals surface area (Å²) in [6, 6.07) is 17.0. The summed E-state index contributed by atoms with van der Waals surface area (Å²) in [6.07, 6.45) is 0. The molecule has 0 N–H and O–H groups in total. The van der Waals surface area contributed by atoms with Crippen molar-refractivity contribution in [2.24, 2.45) is 0 Å². The predicted octanol–water partition coefficient (Wildman–Crippen LogP) is 5.14. The molecule has 4 rings (SSSR count). The van der Waals surface area contributed by atoms with E-state index < -0.39 is 17.4 Å². The normalized spacial score (nSPS) is 10.8. The molecule has 0 saturated carbocycles. The highest BCUT2D eigenvalue weighted by molar-refractivity contribution is 5.92. The van der Waals surface area contributed by atoms with E-state index >= 15 is 0 Å². The van der Waals surface area contributed by atoms with Crippen LogP contribution in [0.15, 0.2) is 75.9 Å². The van der Waals surface area contributed by atoms with E-state index in [9.17, 15) is 14.0 Å². The Morgan fingerprint density at radius 3 is 2.27 bits per heavy atom. The number of rotatable bonds is 4. The fourth-order valence-corrected chi connectivity index (χ4v) is 3.24. The molecule has 5 nitrogen and oxygen atoms in total. The number of fused-ring (bicyclic) bond motifs is 1. The summed E-state index contributed by atoms with van der Waals surface area (Å²) in [4.78, 5) is 24.9. The Morgan fingerprint density at radius 1 is 0.933 bits per heavy atom. The Bertz CT molecular complexity index is 1290. The number of carbonyl (C=O) groups excluding carboxylic acids is 1. The lowest BCUT2D eigenvalue weighted by Crippen LogP contribution is -2.09. The number of halogens is 1. The third kappa shape index (κ3) is 3.67. The number of ether oxygens (including phenoxy) is 2. The van der Waals surface area contributed by atoms with Crippen LogP contribution in [-0.4, -0.2) is 13.1 Å². The summed E-state index contributed by atoms with van der Waals surface area (Å²) in [5, 5.41) is 0.724. The number of esters is 1. The highest BCUT2D eigenvalue weighted by Crippen LogP contribution is 2.30. The molecule has 0 fully saturated rings. The van der Waals surface area contributed by atoms with Gasteiger partial charge in [0.1, 0.15) is 22.9 Å². The Balaban J connectivity index is 1.69. The van der Waals surface area contributed by atoms with Crippen molar-refractivity contribution in [3.8, 4) is 22.6 Å². The van der Waals surface area contributed by atoms with E-state index in [4.69, 9.17) is 13.9 Å². The van der Waals surface area contributed by atoms with Crippen molar-refractivity contribution in [3.05, 3.63) is 94.1 Å². The van der Waals surface area contributed by atoms with Crippen molar-refractivity contribution >= 4 is 16.9 Å². The molecule has 0 atom stereocenters. The van der Waals surface area contributed by atoms with Gasteiger partial charge in [-0.2, -0.15) is 0 Å². The lowest BCUT2D eigenvalue weighted by atomic mass is 9.99. The first-order chi connectivity index (χ1) is 14.5. The van der Waals surface area contributed by atoms with E-state index in [2.05, 4.69) is 0 Å². The minimum Gasteiger partial charge on any atom is -0.497 e.